The molecule has 1 amide bonds. The average molecular weight is 449 g/mol. The van der Waals surface area contributed by atoms with Crippen LogP contribution in [0, 0.1) is 0 Å². The van der Waals surface area contributed by atoms with Crippen molar-refractivity contribution >= 4 is 29.0 Å². The van der Waals surface area contributed by atoms with Crippen molar-refractivity contribution in [2.75, 3.05) is 5.32 Å². The van der Waals surface area contributed by atoms with Crippen LogP contribution in [0.15, 0.2) is 78.9 Å². The molecule has 32 heavy (non-hydrogen) atoms. The van der Waals surface area contributed by atoms with Crippen LogP contribution >= 0.6 is 11.6 Å². The lowest BCUT2D eigenvalue weighted by Gasteiger charge is -2.33. The Morgan fingerprint density at radius 2 is 1.66 bits per heavy atom. The lowest BCUT2D eigenvalue weighted by Crippen LogP contribution is -2.49. The van der Waals surface area contributed by atoms with Gasteiger partial charge in [0.2, 0.25) is 0 Å². The zero-order chi connectivity index (χ0) is 22.7. The van der Waals surface area contributed by atoms with E-state index in [4.69, 9.17) is 16.4 Å². The van der Waals surface area contributed by atoms with E-state index in [-0.39, 0.29) is 24.7 Å². The molecule has 1 heterocycles. The number of hydrogen-bond donors (Lipinski definition) is 1. The summed E-state index contributed by atoms with van der Waals surface area (Å²) in [6, 6.07) is 23.6. The normalized spacial score (nSPS) is 17.3. The Labute approximate surface area is 192 Å². The van der Waals surface area contributed by atoms with E-state index < -0.39 is 11.6 Å². The quantitative estimate of drug-likeness (QED) is 0.483. The van der Waals surface area contributed by atoms with Gasteiger partial charge in [0.15, 0.2) is 5.78 Å². The van der Waals surface area contributed by atoms with Gasteiger partial charge in [-0.05, 0) is 37.6 Å². The van der Waals surface area contributed by atoms with E-state index in [0.717, 1.165) is 16.8 Å². The van der Waals surface area contributed by atoms with Crippen LogP contribution in [0.1, 0.15) is 47.8 Å². The van der Waals surface area contributed by atoms with Crippen LogP contribution in [0.4, 0.5) is 5.69 Å². The maximum Gasteiger partial charge on any atom is 0.271 e. The minimum Gasteiger partial charge on any atom is -0.371 e. The molecule has 5 nitrogen and oxygen atoms in total. The Morgan fingerprint density at radius 1 is 1.00 bits per heavy atom. The maximum absolute atomic E-state index is 13.6. The number of hydrogen-bond acceptors (Lipinski definition) is 4. The van der Waals surface area contributed by atoms with Crippen LogP contribution in [-0.2, 0) is 16.2 Å². The summed E-state index contributed by atoms with van der Waals surface area (Å²) in [4.78, 5) is 32.9. The fraction of sp³-hybridized carbons (Fsp3) is 0.231. The number of rotatable bonds is 6. The monoisotopic (exact) mass is 448 g/mol. The third-order valence-corrected chi connectivity index (χ3v) is 5.88. The topological polar surface area (TPSA) is 58.6 Å². The van der Waals surface area contributed by atoms with Crippen LogP contribution < -0.4 is 5.32 Å². The number of carbonyl (C=O) groups is 2. The third-order valence-electron chi connectivity index (χ3n) is 5.55. The highest BCUT2D eigenvalue weighted by Crippen LogP contribution is 2.38. The number of Topliss-reactive ketones (excluding diaryl/α,β-unsaturated/α-hetero) is 1. The Morgan fingerprint density at radius 3 is 2.41 bits per heavy atom. The van der Waals surface area contributed by atoms with Gasteiger partial charge in [-0.1, -0.05) is 72.3 Å². The molecule has 0 radical (unpaired) electrons. The van der Waals surface area contributed by atoms with Gasteiger partial charge < -0.3 is 5.32 Å². The van der Waals surface area contributed by atoms with E-state index in [1.165, 1.54) is 5.06 Å². The summed E-state index contributed by atoms with van der Waals surface area (Å²) in [5.74, 6) is -0.405. The first-order valence-electron chi connectivity index (χ1n) is 10.5. The molecule has 0 saturated heterocycles. The standard InChI is InChI=1S/C26H25ClN2O3/c1-26(2)25(31)29(32-17-18-10-4-3-5-11-18)23(20-13-7-9-15-22(20)28-26)16-24(30)19-12-6-8-14-21(19)27/h3-15,23,28H,16-17H2,1-2H3/t23-/m1/s1. The first-order valence-corrected chi connectivity index (χ1v) is 10.9. The van der Waals surface area contributed by atoms with E-state index in [1.54, 1.807) is 24.3 Å². The van der Waals surface area contributed by atoms with E-state index in [1.807, 2.05) is 68.4 Å². The third kappa shape index (κ3) is 4.54. The molecule has 4 rings (SSSR count). The van der Waals surface area contributed by atoms with Crippen molar-refractivity contribution in [3.05, 3.63) is 101 Å². The molecule has 1 aliphatic rings. The molecular weight excluding hydrogens is 424 g/mol. The molecule has 0 fully saturated rings. The van der Waals surface area contributed by atoms with Gasteiger partial charge in [0.1, 0.15) is 12.1 Å². The van der Waals surface area contributed by atoms with Crippen LogP contribution in [-0.4, -0.2) is 22.3 Å². The van der Waals surface area contributed by atoms with Crippen molar-refractivity contribution in [2.45, 2.75) is 38.5 Å². The van der Waals surface area contributed by atoms with Crippen LogP contribution in [0.5, 0.6) is 0 Å². The summed E-state index contributed by atoms with van der Waals surface area (Å²) >= 11 is 6.28. The molecule has 0 aromatic heterocycles. The van der Waals surface area contributed by atoms with Crippen molar-refractivity contribution in [1.29, 1.82) is 0 Å². The molecule has 1 N–H and O–H groups in total. The fourth-order valence-corrected chi connectivity index (χ4v) is 4.11. The maximum atomic E-state index is 13.6. The SMILES string of the molecule is CC1(C)Nc2ccccc2[C@@H](CC(=O)c2ccccc2Cl)N(OCc2ccccc2)C1=O. The molecule has 164 valence electrons. The molecule has 0 spiro atoms. The molecular formula is C26H25ClN2O3. The molecule has 0 saturated carbocycles. The zero-order valence-corrected chi connectivity index (χ0v) is 18.8. The van der Waals surface area contributed by atoms with Gasteiger partial charge in [-0.15, -0.1) is 0 Å². The van der Waals surface area contributed by atoms with Gasteiger partial charge in [0.05, 0.1) is 11.1 Å². The molecule has 6 heteroatoms. The number of fused-ring (bicyclic) bond motifs is 1. The fourth-order valence-electron chi connectivity index (χ4n) is 3.87. The Kier molecular flexibility index (Phi) is 6.31. The lowest BCUT2D eigenvalue weighted by molar-refractivity contribution is -0.209. The molecule has 0 unspecified atom stereocenters. The van der Waals surface area contributed by atoms with E-state index in [2.05, 4.69) is 5.32 Å². The van der Waals surface area contributed by atoms with Crippen LogP contribution in [0.3, 0.4) is 0 Å². The molecule has 0 bridgehead atoms. The Balaban J connectivity index is 1.73. The van der Waals surface area contributed by atoms with Gasteiger partial charge in [-0.2, -0.15) is 0 Å². The van der Waals surface area contributed by atoms with E-state index in [0.29, 0.717) is 10.6 Å². The van der Waals surface area contributed by atoms with Gasteiger partial charge in [-0.25, -0.2) is 5.06 Å². The second kappa shape index (κ2) is 9.15. The minimum absolute atomic E-state index is 0.0407. The van der Waals surface area contributed by atoms with Gasteiger partial charge in [0, 0.05) is 23.2 Å². The number of carbonyl (C=O) groups excluding carboxylic acids is 2. The second-order valence-corrected chi connectivity index (χ2v) is 8.76. The number of halogens is 1. The number of hydroxylamine groups is 2. The number of ketones is 1. The number of para-hydroxylation sites is 1. The summed E-state index contributed by atoms with van der Waals surface area (Å²) in [7, 11) is 0. The summed E-state index contributed by atoms with van der Waals surface area (Å²) in [6.45, 7) is 3.83. The molecule has 1 atom stereocenters. The highest BCUT2D eigenvalue weighted by molar-refractivity contribution is 6.34. The summed E-state index contributed by atoms with van der Waals surface area (Å²) < 4.78 is 0. The molecule has 3 aromatic rings. The number of amides is 1. The predicted molar refractivity (Wildman–Crippen MR) is 125 cm³/mol. The Hall–Kier alpha value is -3.15. The molecule has 3 aromatic carbocycles. The molecule has 1 aliphatic heterocycles. The van der Waals surface area contributed by atoms with Crippen molar-refractivity contribution in [2.24, 2.45) is 0 Å². The summed E-state index contributed by atoms with van der Waals surface area (Å²) in [5, 5.41) is 5.07. The van der Waals surface area contributed by atoms with Gasteiger partial charge in [-0.3, -0.25) is 14.4 Å². The van der Waals surface area contributed by atoms with Crippen LogP contribution in [0.2, 0.25) is 5.02 Å². The zero-order valence-electron chi connectivity index (χ0n) is 18.0. The van der Waals surface area contributed by atoms with Crippen molar-refractivity contribution in [3.63, 3.8) is 0 Å². The smallest absolute Gasteiger partial charge is 0.271 e. The Bertz CT molecular complexity index is 1130. The number of anilines is 1. The number of benzene rings is 3. The van der Waals surface area contributed by atoms with Crippen LogP contribution in [0.25, 0.3) is 0 Å². The van der Waals surface area contributed by atoms with Crippen molar-refractivity contribution < 1.29 is 14.4 Å². The van der Waals surface area contributed by atoms with Crippen molar-refractivity contribution in [1.82, 2.24) is 5.06 Å². The van der Waals surface area contributed by atoms with Crippen molar-refractivity contribution in [3.8, 4) is 0 Å². The predicted octanol–water partition coefficient (Wildman–Crippen LogP) is 5.82. The van der Waals surface area contributed by atoms with E-state index >= 15 is 0 Å². The van der Waals surface area contributed by atoms with E-state index in [9.17, 15) is 9.59 Å². The highest BCUT2D eigenvalue weighted by Gasteiger charge is 2.42. The first-order chi connectivity index (χ1) is 15.4. The largest absolute Gasteiger partial charge is 0.371 e. The number of nitrogens with zero attached hydrogens (tertiary/aromatic N) is 1. The number of nitrogens with one attached hydrogen (secondary N) is 1. The minimum atomic E-state index is -0.922. The van der Waals surface area contributed by atoms with Gasteiger partial charge in [0.25, 0.3) is 5.91 Å². The lowest BCUT2D eigenvalue weighted by atomic mass is 9.96. The first kappa shape index (κ1) is 22.1. The highest BCUT2D eigenvalue weighted by atomic mass is 35.5. The average Bonchev–Trinajstić information content (AvgIpc) is 2.86. The van der Waals surface area contributed by atoms with Gasteiger partial charge >= 0.3 is 0 Å². The summed E-state index contributed by atoms with van der Waals surface area (Å²) in [5.41, 5.74) is 2.06. The summed E-state index contributed by atoms with van der Waals surface area (Å²) in [6.07, 6.45) is 0.0407. The second-order valence-electron chi connectivity index (χ2n) is 8.35. The molecule has 0 aliphatic carbocycles.